The number of carbonyl (C=O) groups is 1. The standard InChI is InChI=1S/C22H24N2O3/c1-26-20-9-5-8-18(15-20)21(25)24-12-10-22(11-13-24)16-19(23-27-22)14-17-6-3-2-4-7-17/h2-9,15H,10-14,16H2,1H3. The average molecular weight is 364 g/mol. The third-order valence-corrected chi connectivity index (χ3v) is 5.42. The number of ether oxygens (including phenoxy) is 1. The van der Waals surface area contributed by atoms with Crippen molar-refractivity contribution in [1.29, 1.82) is 0 Å². The second kappa shape index (κ2) is 7.43. The molecule has 4 rings (SSSR count). The normalized spacial score (nSPS) is 18.1. The maximum atomic E-state index is 12.8. The molecule has 2 aromatic carbocycles. The van der Waals surface area contributed by atoms with Crippen molar-refractivity contribution in [1.82, 2.24) is 4.90 Å². The number of rotatable bonds is 4. The molecule has 5 nitrogen and oxygen atoms in total. The van der Waals surface area contributed by atoms with Crippen LogP contribution in [0.1, 0.15) is 35.2 Å². The highest BCUT2D eigenvalue weighted by molar-refractivity contribution is 5.94. The van der Waals surface area contributed by atoms with Gasteiger partial charge in [0.1, 0.15) is 11.4 Å². The number of oxime groups is 1. The van der Waals surface area contributed by atoms with Crippen molar-refractivity contribution in [3.8, 4) is 5.75 Å². The van der Waals surface area contributed by atoms with Gasteiger partial charge in [0.2, 0.25) is 0 Å². The molecule has 5 heteroatoms. The van der Waals surface area contributed by atoms with E-state index in [0.29, 0.717) is 24.4 Å². The van der Waals surface area contributed by atoms with Crippen LogP contribution < -0.4 is 4.74 Å². The van der Waals surface area contributed by atoms with Gasteiger partial charge in [-0.15, -0.1) is 0 Å². The SMILES string of the molecule is COc1cccc(C(=O)N2CCC3(CC2)CC(Cc2ccccc2)=NO3)c1. The number of likely N-dealkylation sites (tertiary alicyclic amines) is 1. The summed E-state index contributed by atoms with van der Waals surface area (Å²) in [4.78, 5) is 20.5. The zero-order valence-corrected chi connectivity index (χ0v) is 15.6. The summed E-state index contributed by atoms with van der Waals surface area (Å²) in [5.41, 5.74) is 2.77. The van der Waals surface area contributed by atoms with Crippen LogP contribution in [-0.4, -0.2) is 42.3 Å². The highest BCUT2D eigenvalue weighted by Gasteiger charge is 2.42. The van der Waals surface area contributed by atoms with E-state index in [4.69, 9.17) is 9.57 Å². The highest BCUT2D eigenvalue weighted by atomic mass is 16.7. The van der Waals surface area contributed by atoms with Crippen LogP contribution in [0.3, 0.4) is 0 Å². The molecule has 2 aliphatic heterocycles. The minimum absolute atomic E-state index is 0.0483. The average Bonchev–Trinajstić information content (AvgIpc) is 3.11. The van der Waals surface area contributed by atoms with E-state index in [9.17, 15) is 4.79 Å². The Hall–Kier alpha value is -2.82. The third-order valence-electron chi connectivity index (χ3n) is 5.42. The van der Waals surface area contributed by atoms with E-state index in [1.165, 1.54) is 5.56 Å². The van der Waals surface area contributed by atoms with Gasteiger partial charge in [-0.1, -0.05) is 41.6 Å². The molecule has 1 fully saturated rings. The summed E-state index contributed by atoms with van der Waals surface area (Å²) >= 11 is 0. The lowest BCUT2D eigenvalue weighted by Gasteiger charge is -2.37. The van der Waals surface area contributed by atoms with Crippen LogP contribution in [0.15, 0.2) is 59.8 Å². The molecule has 0 bridgehead atoms. The van der Waals surface area contributed by atoms with E-state index in [1.54, 1.807) is 13.2 Å². The maximum Gasteiger partial charge on any atom is 0.253 e. The van der Waals surface area contributed by atoms with Crippen LogP contribution in [0, 0.1) is 0 Å². The Morgan fingerprint density at radius 1 is 1.15 bits per heavy atom. The maximum absolute atomic E-state index is 12.8. The lowest BCUT2D eigenvalue weighted by molar-refractivity contribution is -0.0568. The van der Waals surface area contributed by atoms with Gasteiger partial charge in [0.25, 0.3) is 5.91 Å². The van der Waals surface area contributed by atoms with Gasteiger partial charge in [-0.05, 0) is 23.8 Å². The molecular weight excluding hydrogens is 340 g/mol. The monoisotopic (exact) mass is 364 g/mol. The first kappa shape index (κ1) is 17.6. The van der Waals surface area contributed by atoms with Gasteiger partial charge in [-0.2, -0.15) is 0 Å². The van der Waals surface area contributed by atoms with Crippen molar-refractivity contribution < 1.29 is 14.4 Å². The van der Waals surface area contributed by atoms with Crippen molar-refractivity contribution in [3.63, 3.8) is 0 Å². The lowest BCUT2D eigenvalue weighted by Crippen LogP contribution is -2.46. The minimum atomic E-state index is -0.241. The molecule has 0 radical (unpaired) electrons. The predicted molar refractivity (Wildman–Crippen MR) is 104 cm³/mol. The topological polar surface area (TPSA) is 51.1 Å². The number of piperidine rings is 1. The van der Waals surface area contributed by atoms with Gasteiger partial charge in [0, 0.05) is 44.3 Å². The fourth-order valence-electron chi connectivity index (χ4n) is 3.85. The quantitative estimate of drug-likeness (QED) is 0.831. The van der Waals surface area contributed by atoms with Crippen LogP contribution >= 0.6 is 0 Å². The van der Waals surface area contributed by atoms with Crippen LogP contribution in [0.4, 0.5) is 0 Å². The van der Waals surface area contributed by atoms with Gasteiger partial charge in [-0.25, -0.2) is 0 Å². The first-order chi connectivity index (χ1) is 13.2. The molecule has 0 aliphatic carbocycles. The highest BCUT2D eigenvalue weighted by Crippen LogP contribution is 2.35. The van der Waals surface area contributed by atoms with Gasteiger partial charge >= 0.3 is 0 Å². The number of carbonyl (C=O) groups excluding carboxylic acids is 1. The van der Waals surface area contributed by atoms with Gasteiger partial charge in [-0.3, -0.25) is 4.79 Å². The Morgan fingerprint density at radius 3 is 2.67 bits per heavy atom. The van der Waals surface area contributed by atoms with Crippen molar-refractivity contribution in [2.45, 2.75) is 31.3 Å². The Labute approximate surface area is 159 Å². The Balaban J connectivity index is 1.34. The molecule has 140 valence electrons. The zero-order chi connectivity index (χ0) is 18.7. The Bertz CT molecular complexity index is 840. The molecule has 0 atom stereocenters. The van der Waals surface area contributed by atoms with E-state index in [2.05, 4.69) is 17.3 Å². The van der Waals surface area contributed by atoms with E-state index >= 15 is 0 Å². The van der Waals surface area contributed by atoms with Gasteiger partial charge in [0.15, 0.2) is 0 Å². The summed E-state index contributed by atoms with van der Waals surface area (Å²) in [7, 11) is 1.61. The smallest absolute Gasteiger partial charge is 0.253 e. The molecule has 0 unspecified atom stereocenters. The summed E-state index contributed by atoms with van der Waals surface area (Å²) in [6, 6.07) is 17.7. The fraction of sp³-hybridized carbons (Fsp3) is 0.364. The summed E-state index contributed by atoms with van der Waals surface area (Å²) < 4.78 is 5.22. The number of hydrogen-bond acceptors (Lipinski definition) is 4. The van der Waals surface area contributed by atoms with Crippen molar-refractivity contribution in [3.05, 3.63) is 65.7 Å². The molecule has 2 aromatic rings. The van der Waals surface area contributed by atoms with Gasteiger partial charge < -0.3 is 14.5 Å². The Morgan fingerprint density at radius 2 is 1.93 bits per heavy atom. The summed E-state index contributed by atoms with van der Waals surface area (Å²) in [6.45, 7) is 1.37. The number of amides is 1. The second-order valence-corrected chi connectivity index (χ2v) is 7.30. The van der Waals surface area contributed by atoms with E-state index < -0.39 is 0 Å². The van der Waals surface area contributed by atoms with Crippen molar-refractivity contribution in [2.75, 3.05) is 20.2 Å². The summed E-state index contributed by atoms with van der Waals surface area (Å²) in [5, 5.41) is 4.36. The van der Waals surface area contributed by atoms with E-state index in [0.717, 1.165) is 31.4 Å². The molecule has 1 spiro atoms. The summed E-state index contributed by atoms with van der Waals surface area (Å²) in [5.74, 6) is 0.750. The largest absolute Gasteiger partial charge is 0.497 e. The second-order valence-electron chi connectivity index (χ2n) is 7.30. The number of hydrogen-bond donors (Lipinski definition) is 0. The van der Waals surface area contributed by atoms with E-state index in [-0.39, 0.29) is 11.5 Å². The van der Waals surface area contributed by atoms with Crippen LogP contribution in [-0.2, 0) is 11.3 Å². The number of methoxy groups -OCH3 is 1. The number of benzene rings is 2. The number of nitrogens with zero attached hydrogens (tertiary/aromatic N) is 2. The molecular formula is C22H24N2O3. The molecule has 0 N–H and O–H groups in total. The van der Waals surface area contributed by atoms with Crippen LogP contribution in [0.5, 0.6) is 5.75 Å². The molecule has 2 aliphatic rings. The van der Waals surface area contributed by atoms with Crippen LogP contribution in [0.2, 0.25) is 0 Å². The minimum Gasteiger partial charge on any atom is -0.497 e. The molecule has 0 aromatic heterocycles. The molecule has 1 amide bonds. The molecule has 1 saturated heterocycles. The van der Waals surface area contributed by atoms with Crippen LogP contribution in [0.25, 0.3) is 0 Å². The predicted octanol–water partition coefficient (Wildman–Crippen LogP) is 3.69. The zero-order valence-electron chi connectivity index (χ0n) is 15.6. The third kappa shape index (κ3) is 3.82. The fourth-order valence-corrected chi connectivity index (χ4v) is 3.85. The summed E-state index contributed by atoms with van der Waals surface area (Å²) in [6.07, 6.45) is 3.30. The Kier molecular flexibility index (Phi) is 4.84. The van der Waals surface area contributed by atoms with Crippen molar-refractivity contribution in [2.24, 2.45) is 5.16 Å². The first-order valence-corrected chi connectivity index (χ1v) is 9.39. The van der Waals surface area contributed by atoms with Crippen molar-refractivity contribution >= 4 is 11.6 Å². The molecule has 2 heterocycles. The van der Waals surface area contributed by atoms with Gasteiger partial charge in [0.05, 0.1) is 12.8 Å². The van der Waals surface area contributed by atoms with E-state index in [1.807, 2.05) is 41.3 Å². The first-order valence-electron chi connectivity index (χ1n) is 9.39. The molecule has 27 heavy (non-hydrogen) atoms. The lowest BCUT2D eigenvalue weighted by atomic mass is 9.85. The molecule has 0 saturated carbocycles.